The zero-order valence-corrected chi connectivity index (χ0v) is 14.0. The molecule has 0 saturated heterocycles. The van der Waals surface area contributed by atoms with Gasteiger partial charge < -0.3 is 5.32 Å². The fourth-order valence-corrected chi connectivity index (χ4v) is 3.10. The van der Waals surface area contributed by atoms with E-state index in [9.17, 15) is 0 Å². The van der Waals surface area contributed by atoms with Gasteiger partial charge in [0.15, 0.2) is 0 Å². The van der Waals surface area contributed by atoms with Crippen LogP contribution >= 0.6 is 0 Å². The molecule has 0 amide bonds. The molecule has 2 heteroatoms. The maximum Gasteiger partial charge on any atom is 0.0597 e. The Morgan fingerprint density at radius 1 is 0.952 bits per heavy atom. The van der Waals surface area contributed by atoms with Crippen molar-refractivity contribution >= 4 is 0 Å². The summed E-state index contributed by atoms with van der Waals surface area (Å²) in [7, 11) is 0. The Bertz CT molecular complexity index is 601. The molecule has 2 nitrogen and oxygen atoms in total. The zero-order chi connectivity index (χ0) is 15.6. The molecule has 0 fully saturated rings. The number of nitrogens with one attached hydrogen (secondary N) is 1. The third kappa shape index (κ3) is 2.86. The maximum absolute atomic E-state index is 4.30. The fourth-order valence-electron chi connectivity index (χ4n) is 3.10. The van der Waals surface area contributed by atoms with Gasteiger partial charge in [-0.25, -0.2) is 0 Å². The van der Waals surface area contributed by atoms with Crippen LogP contribution < -0.4 is 5.32 Å². The summed E-state index contributed by atoms with van der Waals surface area (Å²) in [6, 6.07) is 4.38. The average Bonchev–Trinajstić information content (AvgIpc) is 2.51. The van der Waals surface area contributed by atoms with Gasteiger partial charge in [0.1, 0.15) is 0 Å². The van der Waals surface area contributed by atoms with E-state index in [-0.39, 0.29) is 6.04 Å². The van der Waals surface area contributed by atoms with Gasteiger partial charge in [-0.3, -0.25) is 4.98 Å². The van der Waals surface area contributed by atoms with E-state index in [0.717, 1.165) is 6.54 Å². The molecular formula is C19H26N2. The van der Waals surface area contributed by atoms with E-state index in [4.69, 9.17) is 0 Å². The second kappa shape index (κ2) is 6.40. The topological polar surface area (TPSA) is 24.9 Å². The van der Waals surface area contributed by atoms with Crippen LogP contribution in [0.5, 0.6) is 0 Å². The highest BCUT2D eigenvalue weighted by atomic mass is 14.9. The molecule has 0 radical (unpaired) electrons. The van der Waals surface area contributed by atoms with Gasteiger partial charge in [-0.2, -0.15) is 0 Å². The van der Waals surface area contributed by atoms with Crippen LogP contribution in [-0.4, -0.2) is 11.5 Å². The molecule has 0 spiro atoms. The second-order valence-corrected chi connectivity index (χ2v) is 5.82. The second-order valence-electron chi connectivity index (χ2n) is 5.82. The van der Waals surface area contributed by atoms with Crippen LogP contribution in [0.2, 0.25) is 0 Å². The molecule has 0 saturated carbocycles. The number of rotatable bonds is 4. The first-order chi connectivity index (χ1) is 9.99. The maximum atomic E-state index is 4.30. The van der Waals surface area contributed by atoms with Crippen molar-refractivity contribution in [3.63, 3.8) is 0 Å². The van der Waals surface area contributed by atoms with Crippen molar-refractivity contribution < 1.29 is 0 Å². The van der Waals surface area contributed by atoms with Crippen molar-refractivity contribution in [3.8, 4) is 0 Å². The molecule has 1 heterocycles. The van der Waals surface area contributed by atoms with Crippen molar-refractivity contribution in [2.45, 2.75) is 47.6 Å². The summed E-state index contributed by atoms with van der Waals surface area (Å²) >= 11 is 0. The quantitative estimate of drug-likeness (QED) is 0.903. The Labute approximate surface area is 128 Å². The van der Waals surface area contributed by atoms with Gasteiger partial charge >= 0.3 is 0 Å². The van der Waals surface area contributed by atoms with Crippen LogP contribution in [-0.2, 0) is 0 Å². The molecule has 1 atom stereocenters. The highest BCUT2D eigenvalue weighted by molar-refractivity contribution is 5.52. The number of benzene rings is 1. The van der Waals surface area contributed by atoms with Gasteiger partial charge in [0.05, 0.1) is 6.04 Å². The van der Waals surface area contributed by atoms with Gasteiger partial charge in [0.2, 0.25) is 0 Å². The molecule has 0 bridgehead atoms. The molecule has 0 aliphatic rings. The minimum atomic E-state index is 0.210. The summed E-state index contributed by atoms with van der Waals surface area (Å²) in [6.07, 6.45) is 3.80. The fraction of sp³-hybridized carbons (Fsp3) is 0.421. The SMILES string of the molecule is CCNC(c1cccnc1)c1c(C)c(C)c(C)c(C)c1C. The Morgan fingerprint density at radius 3 is 2.00 bits per heavy atom. The molecule has 0 aliphatic carbocycles. The Kier molecular flexibility index (Phi) is 4.79. The lowest BCUT2D eigenvalue weighted by Crippen LogP contribution is -2.24. The molecule has 1 aromatic carbocycles. The number of hydrogen-bond acceptors (Lipinski definition) is 2. The standard InChI is InChI=1S/C19H26N2/c1-7-21-19(17-9-8-10-20-11-17)18-15(5)13(3)12(2)14(4)16(18)6/h8-11,19,21H,7H2,1-6H3. The van der Waals surface area contributed by atoms with Crippen LogP contribution in [0.1, 0.15) is 51.9 Å². The molecule has 1 N–H and O–H groups in total. The van der Waals surface area contributed by atoms with Crippen LogP contribution in [0.3, 0.4) is 0 Å². The number of hydrogen-bond donors (Lipinski definition) is 1. The van der Waals surface area contributed by atoms with Crippen LogP contribution in [0.4, 0.5) is 0 Å². The van der Waals surface area contributed by atoms with Gasteiger partial charge in [-0.15, -0.1) is 0 Å². The number of pyridine rings is 1. The zero-order valence-electron chi connectivity index (χ0n) is 14.0. The van der Waals surface area contributed by atoms with Crippen molar-refractivity contribution in [3.05, 3.63) is 63.5 Å². The summed E-state index contributed by atoms with van der Waals surface area (Å²) in [4.78, 5) is 4.30. The van der Waals surface area contributed by atoms with Crippen molar-refractivity contribution in [2.75, 3.05) is 6.54 Å². The molecule has 21 heavy (non-hydrogen) atoms. The molecule has 1 aromatic heterocycles. The number of nitrogens with zero attached hydrogens (tertiary/aromatic N) is 1. The first kappa shape index (κ1) is 15.7. The lowest BCUT2D eigenvalue weighted by atomic mass is 9.84. The largest absolute Gasteiger partial charge is 0.306 e. The molecule has 1 unspecified atom stereocenters. The Balaban J connectivity index is 2.67. The van der Waals surface area contributed by atoms with Gasteiger partial charge in [-0.1, -0.05) is 13.0 Å². The van der Waals surface area contributed by atoms with E-state index in [1.54, 1.807) is 0 Å². The summed E-state index contributed by atoms with van der Waals surface area (Å²) in [5, 5.41) is 3.63. The van der Waals surface area contributed by atoms with E-state index >= 15 is 0 Å². The Morgan fingerprint density at radius 2 is 1.52 bits per heavy atom. The Hall–Kier alpha value is -1.67. The molecule has 2 rings (SSSR count). The number of aromatic nitrogens is 1. The molecule has 0 aliphatic heterocycles. The smallest absolute Gasteiger partial charge is 0.0597 e. The monoisotopic (exact) mass is 282 g/mol. The first-order valence-corrected chi connectivity index (χ1v) is 7.69. The van der Waals surface area contributed by atoms with Crippen LogP contribution in [0, 0.1) is 34.6 Å². The first-order valence-electron chi connectivity index (χ1n) is 7.69. The summed E-state index contributed by atoms with van der Waals surface area (Å²) < 4.78 is 0. The van der Waals surface area contributed by atoms with Gasteiger partial charge in [0, 0.05) is 12.4 Å². The average molecular weight is 282 g/mol. The van der Waals surface area contributed by atoms with Crippen LogP contribution in [0.25, 0.3) is 0 Å². The molecular weight excluding hydrogens is 256 g/mol. The van der Waals surface area contributed by atoms with Crippen LogP contribution in [0.15, 0.2) is 24.5 Å². The third-order valence-corrected chi connectivity index (χ3v) is 4.77. The predicted octanol–water partition coefficient (Wildman–Crippen LogP) is 4.32. The highest BCUT2D eigenvalue weighted by Crippen LogP contribution is 2.33. The lowest BCUT2D eigenvalue weighted by Gasteiger charge is -2.26. The van der Waals surface area contributed by atoms with E-state index in [1.165, 1.54) is 38.9 Å². The highest BCUT2D eigenvalue weighted by Gasteiger charge is 2.21. The lowest BCUT2D eigenvalue weighted by molar-refractivity contribution is 0.621. The van der Waals surface area contributed by atoms with E-state index < -0.39 is 0 Å². The normalized spacial score (nSPS) is 12.5. The van der Waals surface area contributed by atoms with Gasteiger partial charge in [0.25, 0.3) is 0 Å². The predicted molar refractivity (Wildman–Crippen MR) is 89.9 cm³/mol. The van der Waals surface area contributed by atoms with Gasteiger partial charge in [-0.05, 0) is 86.2 Å². The van der Waals surface area contributed by atoms with Crippen molar-refractivity contribution in [1.29, 1.82) is 0 Å². The summed E-state index contributed by atoms with van der Waals surface area (Å²) in [6.45, 7) is 14.3. The minimum Gasteiger partial charge on any atom is -0.306 e. The van der Waals surface area contributed by atoms with E-state index in [2.05, 4.69) is 57.9 Å². The van der Waals surface area contributed by atoms with E-state index in [1.807, 2.05) is 18.5 Å². The third-order valence-electron chi connectivity index (χ3n) is 4.77. The minimum absolute atomic E-state index is 0.210. The summed E-state index contributed by atoms with van der Waals surface area (Å²) in [5.74, 6) is 0. The summed E-state index contributed by atoms with van der Waals surface area (Å²) in [5.41, 5.74) is 9.64. The van der Waals surface area contributed by atoms with Crippen molar-refractivity contribution in [1.82, 2.24) is 10.3 Å². The molecule has 2 aromatic rings. The van der Waals surface area contributed by atoms with Crippen molar-refractivity contribution in [2.24, 2.45) is 0 Å². The molecule has 112 valence electrons. The van der Waals surface area contributed by atoms with E-state index in [0.29, 0.717) is 0 Å².